The number of piperidine rings is 1. The van der Waals surface area contributed by atoms with Gasteiger partial charge in [0.15, 0.2) is 0 Å². The highest BCUT2D eigenvalue weighted by Gasteiger charge is 2.55. The van der Waals surface area contributed by atoms with Gasteiger partial charge in [0.1, 0.15) is 0 Å². The highest BCUT2D eigenvalue weighted by Crippen LogP contribution is 2.63. The lowest BCUT2D eigenvalue weighted by atomic mass is 9.49. The summed E-state index contributed by atoms with van der Waals surface area (Å²) in [6, 6.07) is 12.0. The number of nitrogens with one attached hydrogen (secondary N) is 1. The second kappa shape index (κ2) is 9.18. The molecule has 1 amide bonds. The Morgan fingerprint density at radius 1 is 0.919 bits per heavy atom. The minimum absolute atomic E-state index is 0.0580. The van der Waals surface area contributed by atoms with Gasteiger partial charge < -0.3 is 10.2 Å². The van der Waals surface area contributed by atoms with E-state index in [-0.39, 0.29) is 5.91 Å². The number of amides is 1. The predicted octanol–water partition coefficient (Wildman–Crippen LogP) is 6.35. The van der Waals surface area contributed by atoms with Crippen LogP contribution < -0.4 is 5.32 Å². The number of carbonyl (C=O) groups excluding carboxylic acids is 1. The van der Waals surface area contributed by atoms with E-state index in [0.29, 0.717) is 10.8 Å². The topological polar surface area (TPSA) is 58.1 Å². The third kappa shape index (κ3) is 4.84. The van der Waals surface area contributed by atoms with Crippen molar-refractivity contribution in [3.63, 3.8) is 0 Å². The molecule has 6 aliphatic rings. The minimum atomic E-state index is -0.0580. The molecule has 4 bridgehead atoms. The summed E-state index contributed by atoms with van der Waals surface area (Å²) >= 11 is 0. The number of aromatic nitrogens is 2. The highest BCUT2D eigenvalue weighted by atomic mass is 16.1. The van der Waals surface area contributed by atoms with E-state index in [4.69, 9.17) is 0 Å². The van der Waals surface area contributed by atoms with Crippen LogP contribution in [-0.4, -0.2) is 40.6 Å². The number of aryl methyl sites for hydroxylation is 1. The lowest BCUT2D eigenvalue weighted by Gasteiger charge is -2.58. The summed E-state index contributed by atoms with van der Waals surface area (Å²) in [4.78, 5) is 14.1. The second-order valence-electron chi connectivity index (χ2n) is 13.7. The highest BCUT2D eigenvalue weighted by molar-refractivity contribution is 5.88. The van der Waals surface area contributed by atoms with Crippen LogP contribution in [0.1, 0.15) is 76.8 Å². The number of nitrogens with zero attached hydrogens (tertiary/aromatic N) is 3. The van der Waals surface area contributed by atoms with Crippen LogP contribution in [0, 0.1) is 34.5 Å². The third-order valence-corrected chi connectivity index (χ3v) is 10.9. The molecule has 1 N–H and O–H groups in total. The Kier molecular flexibility index (Phi) is 5.91. The number of hydrogen-bond acceptors (Lipinski definition) is 4. The van der Waals surface area contributed by atoms with E-state index >= 15 is 0 Å². The van der Waals surface area contributed by atoms with E-state index in [1.54, 1.807) is 38.5 Å². The molecule has 37 heavy (non-hydrogen) atoms. The number of carbonyl (C=O) groups is 1. The largest absolute Gasteiger partial charge is 0.326 e. The average Bonchev–Trinajstić information content (AvgIpc) is 3.55. The standard InChI is InChI=1S/C32H42N4O/c1-22(37)33-28-5-2-26(3-6-28)30-9-8-29(34-35-30)7-4-27-20-32(27)10-12-36(13-11-32)21-31-17-23-14-24(18-31)16-25(15-23)19-31/h2-3,5-6,8-9,23-25,27H,4,7,10-21H2,1H3,(H,33,37)/t23?,24?,25?,27-,31?/m1/s1. The third-order valence-electron chi connectivity index (χ3n) is 10.9. The Morgan fingerprint density at radius 2 is 1.59 bits per heavy atom. The summed E-state index contributed by atoms with van der Waals surface area (Å²) in [5.41, 5.74) is 5.15. The van der Waals surface area contributed by atoms with E-state index in [2.05, 4.69) is 32.5 Å². The molecular weight excluding hydrogens is 456 g/mol. The second-order valence-corrected chi connectivity index (χ2v) is 13.7. The quantitative estimate of drug-likeness (QED) is 0.483. The van der Waals surface area contributed by atoms with Gasteiger partial charge in [0, 0.05) is 24.7 Å². The van der Waals surface area contributed by atoms with Crippen molar-refractivity contribution in [3.05, 3.63) is 42.1 Å². The summed E-state index contributed by atoms with van der Waals surface area (Å²) in [6.07, 6.45) is 15.9. The number of rotatable bonds is 7. The molecule has 1 spiro atoms. The fourth-order valence-corrected chi connectivity index (χ4v) is 9.46. The lowest BCUT2D eigenvalue weighted by molar-refractivity contribution is -0.114. The van der Waals surface area contributed by atoms with Crippen molar-refractivity contribution >= 4 is 11.6 Å². The molecule has 1 atom stereocenters. The molecule has 8 rings (SSSR count). The maximum absolute atomic E-state index is 11.2. The van der Waals surface area contributed by atoms with Crippen molar-refractivity contribution in [2.75, 3.05) is 25.0 Å². The lowest BCUT2D eigenvalue weighted by Crippen LogP contribution is -2.52. The van der Waals surface area contributed by atoms with Crippen LogP contribution in [0.2, 0.25) is 0 Å². The molecule has 0 unspecified atom stereocenters. The first kappa shape index (κ1) is 23.8. The zero-order chi connectivity index (χ0) is 25.0. The van der Waals surface area contributed by atoms with Gasteiger partial charge in [-0.15, -0.1) is 0 Å². The normalized spacial score (nSPS) is 33.5. The van der Waals surface area contributed by atoms with Crippen molar-refractivity contribution in [2.24, 2.45) is 34.5 Å². The Bertz CT molecular complexity index is 1100. The molecule has 1 saturated heterocycles. The smallest absolute Gasteiger partial charge is 0.221 e. The Morgan fingerprint density at radius 3 is 2.19 bits per heavy atom. The first-order valence-electron chi connectivity index (χ1n) is 14.9. The molecule has 5 saturated carbocycles. The van der Waals surface area contributed by atoms with E-state index in [1.165, 1.54) is 52.2 Å². The van der Waals surface area contributed by atoms with Gasteiger partial charge in [0.2, 0.25) is 5.91 Å². The minimum Gasteiger partial charge on any atom is -0.326 e. The Hall–Kier alpha value is -2.27. The molecule has 1 aliphatic heterocycles. The molecule has 1 aromatic carbocycles. The van der Waals surface area contributed by atoms with Gasteiger partial charge in [0.25, 0.3) is 0 Å². The number of hydrogen-bond donors (Lipinski definition) is 1. The van der Waals surface area contributed by atoms with Crippen molar-refractivity contribution in [2.45, 2.75) is 77.6 Å². The zero-order valence-corrected chi connectivity index (χ0v) is 22.4. The molecule has 2 aromatic rings. The summed E-state index contributed by atoms with van der Waals surface area (Å²) in [6.45, 7) is 5.62. The van der Waals surface area contributed by atoms with Crippen molar-refractivity contribution < 1.29 is 4.79 Å². The monoisotopic (exact) mass is 498 g/mol. The molecule has 5 aliphatic carbocycles. The van der Waals surface area contributed by atoms with Crippen molar-refractivity contribution in [1.29, 1.82) is 0 Å². The van der Waals surface area contributed by atoms with Crippen LogP contribution in [0.25, 0.3) is 11.3 Å². The zero-order valence-electron chi connectivity index (χ0n) is 22.4. The van der Waals surface area contributed by atoms with Gasteiger partial charge in [-0.1, -0.05) is 12.1 Å². The van der Waals surface area contributed by atoms with Gasteiger partial charge in [-0.05, 0) is 142 Å². The average molecular weight is 499 g/mol. The Labute approximate surface area is 221 Å². The van der Waals surface area contributed by atoms with Gasteiger partial charge in [-0.2, -0.15) is 10.2 Å². The molecular formula is C32H42N4O. The summed E-state index contributed by atoms with van der Waals surface area (Å²) in [5.74, 6) is 4.04. The first-order valence-corrected chi connectivity index (χ1v) is 14.9. The van der Waals surface area contributed by atoms with E-state index < -0.39 is 0 Å². The summed E-state index contributed by atoms with van der Waals surface area (Å²) in [7, 11) is 0. The summed E-state index contributed by atoms with van der Waals surface area (Å²) < 4.78 is 0. The van der Waals surface area contributed by atoms with Crippen LogP contribution in [0.3, 0.4) is 0 Å². The van der Waals surface area contributed by atoms with E-state index in [1.807, 2.05) is 24.3 Å². The van der Waals surface area contributed by atoms with Crippen LogP contribution >= 0.6 is 0 Å². The molecule has 0 radical (unpaired) electrons. The fourth-order valence-electron chi connectivity index (χ4n) is 9.46. The first-order chi connectivity index (χ1) is 18.0. The van der Waals surface area contributed by atoms with Crippen LogP contribution in [-0.2, 0) is 11.2 Å². The van der Waals surface area contributed by atoms with E-state index in [0.717, 1.165) is 52.7 Å². The van der Waals surface area contributed by atoms with Gasteiger partial charge in [-0.3, -0.25) is 4.79 Å². The predicted molar refractivity (Wildman–Crippen MR) is 147 cm³/mol. The summed E-state index contributed by atoms with van der Waals surface area (Å²) in [5, 5.41) is 11.8. The molecule has 5 nitrogen and oxygen atoms in total. The van der Waals surface area contributed by atoms with E-state index in [9.17, 15) is 4.79 Å². The number of benzene rings is 1. The molecule has 2 heterocycles. The van der Waals surface area contributed by atoms with Gasteiger partial charge >= 0.3 is 0 Å². The van der Waals surface area contributed by atoms with Gasteiger partial charge in [-0.25, -0.2) is 0 Å². The number of anilines is 1. The van der Waals surface area contributed by atoms with Crippen LogP contribution in [0.4, 0.5) is 5.69 Å². The van der Waals surface area contributed by atoms with Crippen LogP contribution in [0.15, 0.2) is 36.4 Å². The SMILES string of the molecule is CC(=O)Nc1ccc(-c2ccc(CC[C@@H]3CC34CCN(CC35CC6CC(CC(C6)C3)C5)CC4)nn2)cc1. The molecule has 196 valence electrons. The molecule has 1 aromatic heterocycles. The maximum Gasteiger partial charge on any atom is 0.221 e. The molecule has 6 fully saturated rings. The van der Waals surface area contributed by atoms with Crippen molar-refractivity contribution in [3.8, 4) is 11.3 Å². The van der Waals surface area contributed by atoms with Crippen molar-refractivity contribution in [1.82, 2.24) is 15.1 Å². The Balaban J connectivity index is 0.882. The van der Waals surface area contributed by atoms with Crippen LogP contribution in [0.5, 0.6) is 0 Å². The fraction of sp³-hybridized carbons (Fsp3) is 0.656. The number of likely N-dealkylation sites (tertiary alicyclic amines) is 1. The molecule has 5 heteroatoms. The maximum atomic E-state index is 11.2. The van der Waals surface area contributed by atoms with Gasteiger partial charge in [0.05, 0.1) is 11.4 Å².